The molecule has 0 aromatic carbocycles. The van der Waals surface area contributed by atoms with Crippen molar-refractivity contribution in [2.24, 2.45) is 5.41 Å². The first kappa shape index (κ1) is 14.0. The number of piperidine rings is 1. The molecular formula is C13H18F3N3. The zero-order chi connectivity index (χ0) is 14.3. The molecule has 1 fully saturated rings. The van der Waals surface area contributed by atoms with Gasteiger partial charge in [-0.05, 0) is 30.4 Å². The SMILES string of the molecule is CC1(C)CCCN(c2cc(C(F)(F)F)cc(N)n2)C1. The molecule has 1 aliphatic heterocycles. The summed E-state index contributed by atoms with van der Waals surface area (Å²) in [4.78, 5) is 5.92. The smallest absolute Gasteiger partial charge is 0.384 e. The maximum atomic E-state index is 12.8. The van der Waals surface area contributed by atoms with E-state index in [0.29, 0.717) is 12.4 Å². The molecule has 0 bridgehead atoms. The molecule has 0 amide bonds. The Bertz CT molecular complexity index is 469. The summed E-state index contributed by atoms with van der Waals surface area (Å²) in [5.74, 6) is 0.230. The van der Waals surface area contributed by atoms with Crippen molar-refractivity contribution in [2.45, 2.75) is 32.9 Å². The Kier molecular flexibility index (Phi) is 3.36. The van der Waals surface area contributed by atoms with Gasteiger partial charge in [0.1, 0.15) is 11.6 Å². The van der Waals surface area contributed by atoms with Crippen molar-refractivity contribution in [3.63, 3.8) is 0 Å². The van der Waals surface area contributed by atoms with Crippen molar-refractivity contribution in [1.29, 1.82) is 0 Å². The summed E-state index contributed by atoms with van der Waals surface area (Å²) in [6.45, 7) is 5.63. The summed E-state index contributed by atoms with van der Waals surface area (Å²) < 4.78 is 38.3. The van der Waals surface area contributed by atoms with Crippen molar-refractivity contribution in [3.8, 4) is 0 Å². The van der Waals surface area contributed by atoms with Crippen molar-refractivity contribution < 1.29 is 13.2 Å². The van der Waals surface area contributed by atoms with Gasteiger partial charge in [0, 0.05) is 13.1 Å². The third kappa shape index (κ3) is 3.30. The molecule has 0 aliphatic carbocycles. The van der Waals surface area contributed by atoms with Crippen LogP contribution in [-0.2, 0) is 6.18 Å². The molecular weight excluding hydrogens is 255 g/mol. The van der Waals surface area contributed by atoms with Gasteiger partial charge in [0.25, 0.3) is 0 Å². The summed E-state index contributed by atoms with van der Waals surface area (Å²) >= 11 is 0. The number of halogens is 3. The number of alkyl halides is 3. The van der Waals surface area contributed by atoms with Crippen LogP contribution in [0.4, 0.5) is 24.8 Å². The standard InChI is InChI=1S/C13H18F3N3/c1-12(2)4-3-5-19(8-12)11-7-9(13(14,15)16)6-10(17)18-11/h6-7H,3-5,8H2,1-2H3,(H2,17,18). The van der Waals surface area contributed by atoms with Crippen molar-refractivity contribution in [2.75, 3.05) is 23.7 Å². The summed E-state index contributed by atoms with van der Waals surface area (Å²) in [6.07, 6.45) is -2.38. The molecule has 0 unspecified atom stereocenters. The van der Waals surface area contributed by atoms with Gasteiger partial charge in [-0.2, -0.15) is 13.2 Å². The third-order valence-corrected chi connectivity index (χ3v) is 3.38. The quantitative estimate of drug-likeness (QED) is 0.853. The predicted octanol–water partition coefficient (Wildman–Crippen LogP) is 3.31. The van der Waals surface area contributed by atoms with E-state index in [1.165, 1.54) is 0 Å². The molecule has 0 spiro atoms. The maximum absolute atomic E-state index is 12.8. The topological polar surface area (TPSA) is 42.1 Å². The highest BCUT2D eigenvalue weighted by Crippen LogP contribution is 2.35. The Morgan fingerprint density at radius 1 is 1.32 bits per heavy atom. The van der Waals surface area contributed by atoms with Gasteiger partial charge in [-0.25, -0.2) is 4.98 Å². The van der Waals surface area contributed by atoms with Crippen molar-refractivity contribution in [1.82, 2.24) is 4.98 Å². The number of aromatic nitrogens is 1. The highest BCUT2D eigenvalue weighted by Gasteiger charge is 2.33. The molecule has 1 aromatic rings. The van der Waals surface area contributed by atoms with Crippen LogP contribution in [0.1, 0.15) is 32.3 Å². The number of nitrogen functional groups attached to an aromatic ring is 1. The lowest BCUT2D eigenvalue weighted by atomic mass is 9.84. The fourth-order valence-electron chi connectivity index (χ4n) is 2.48. The second kappa shape index (κ2) is 4.58. The molecule has 6 heteroatoms. The van der Waals surface area contributed by atoms with Crippen molar-refractivity contribution in [3.05, 3.63) is 17.7 Å². The van der Waals surface area contributed by atoms with E-state index in [1.807, 2.05) is 4.90 Å². The average Bonchev–Trinajstić information content (AvgIpc) is 2.25. The number of nitrogens with zero attached hydrogens (tertiary/aromatic N) is 2. The minimum absolute atomic E-state index is 0.0862. The van der Waals surface area contributed by atoms with E-state index >= 15 is 0 Å². The number of hydrogen-bond donors (Lipinski definition) is 1. The van der Waals surface area contributed by atoms with Gasteiger partial charge in [0.15, 0.2) is 0 Å². The first-order chi connectivity index (χ1) is 8.67. The second-order valence-corrected chi connectivity index (χ2v) is 5.83. The van der Waals surface area contributed by atoms with Gasteiger partial charge in [0.2, 0.25) is 0 Å². The minimum Gasteiger partial charge on any atom is -0.384 e. The molecule has 106 valence electrons. The minimum atomic E-state index is -4.39. The Balaban J connectivity index is 2.32. The first-order valence-corrected chi connectivity index (χ1v) is 6.27. The lowest BCUT2D eigenvalue weighted by molar-refractivity contribution is -0.137. The molecule has 0 saturated carbocycles. The fourth-order valence-corrected chi connectivity index (χ4v) is 2.48. The molecule has 0 radical (unpaired) electrons. The summed E-state index contributed by atoms with van der Waals surface area (Å²) in [5.41, 5.74) is 4.84. The highest BCUT2D eigenvalue weighted by atomic mass is 19.4. The van der Waals surface area contributed by atoms with E-state index in [4.69, 9.17) is 5.73 Å². The molecule has 1 aromatic heterocycles. The lowest BCUT2D eigenvalue weighted by Gasteiger charge is -2.39. The third-order valence-electron chi connectivity index (χ3n) is 3.38. The Morgan fingerprint density at radius 2 is 2.00 bits per heavy atom. The van der Waals surface area contributed by atoms with Crippen LogP contribution in [0.2, 0.25) is 0 Å². The summed E-state index contributed by atoms with van der Waals surface area (Å²) in [5, 5.41) is 0. The molecule has 19 heavy (non-hydrogen) atoms. The Labute approximate surface area is 110 Å². The lowest BCUT2D eigenvalue weighted by Crippen LogP contribution is -2.40. The Morgan fingerprint density at radius 3 is 2.58 bits per heavy atom. The van der Waals surface area contributed by atoms with Crippen LogP contribution in [0, 0.1) is 5.41 Å². The summed E-state index contributed by atoms with van der Waals surface area (Å²) in [6, 6.07) is 1.95. The van der Waals surface area contributed by atoms with E-state index < -0.39 is 11.7 Å². The largest absolute Gasteiger partial charge is 0.416 e. The van der Waals surface area contributed by atoms with E-state index in [-0.39, 0.29) is 11.2 Å². The number of pyridine rings is 1. The molecule has 2 rings (SSSR count). The van der Waals surface area contributed by atoms with E-state index in [1.54, 1.807) is 0 Å². The van der Waals surface area contributed by atoms with E-state index in [2.05, 4.69) is 18.8 Å². The second-order valence-electron chi connectivity index (χ2n) is 5.83. The Hall–Kier alpha value is -1.46. The van der Waals surface area contributed by atoms with Crippen LogP contribution in [0.15, 0.2) is 12.1 Å². The van der Waals surface area contributed by atoms with E-state index in [0.717, 1.165) is 31.5 Å². The van der Waals surface area contributed by atoms with Crippen LogP contribution in [0.3, 0.4) is 0 Å². The van der Waals surface area contributed by atoms with Crippen molar-refractivity contribution >= 4 is 11.6 Å². The predicted molar refractivity (Wildman–Crippen MR) is 68.9 cm³/mol. The molecule has 2 heterocycles. The van der Waals surface area contributed by atoms with Crippen LogP contribution in [0.5, 0.6) is 0 Å². The maximum Gasteiger partial charge on any atom is 0.416 e. The molecule has 1 aliphatic rings. The van der Waals surface area contributed by atoms with Gasteiger partial charge in [0.05, 0.1) is 5.56 Å². The van der Waals surface area contributed by atoms with E-state index in [9.17, 15) is 13.2 Å². The average molecular weight is 273 g/mol. The molecule has 3 nitrogen and oxygen atoms in total. The first-order valence-electron chi connectivity index (χ1n) is 6.27. The number of rotatable bonds is 1. The fraction of sp³-hybridized carbons (Fsp3) is 0.615. The van der Waals surface area contributed by atoms with Gasteiger partial charge < -0.3 is 10.6 Å². The number of anilines is 2. The monoisotopic (exact) mass is 273 g/mol. The number of hydrogen-bond acceptors (Lipinski definition) is 3. The molecule has 1 saturated heterocycles. The number of nitrogens with two attached hydrogens (primary N) is 1. The van der Waals surface area contributed by atoms with Crippen LogP contribution < -0.4 is 10.6 Å². The summed E-state index contributed by atoms with van der Waals surface area (Å²) in [7, 11) is 0. The van der Waals surface area contributed by atoms with Gasteiger partial charge >= 0.3 is 6.18 Å². The zero-order valence-electron chi connectivity index (χ0n) is 11.1. The van der Waals surface area contributed by atoms with Crippen LogP contribution in [-0.4, -0.2) is 18.1 Å². The van der Waals surface area contributed by atoms with Crippen LogP contribution in [0.25, 0.3) is 0 Å². The molecule has 2 N–H and O–H groups in total. The zero-order valence-corrected chi connectivity index (χ0v) is 11.1. The van der Waals surface area contributed by atoms with Crippen LogP contribution >= 0.6 is 0 Å². The van der Waals surface area contributed by atoms with Gasteiger partial charge in [-0.15, -0.1) is 0 Å². The normalized spacial score (nSPS) is 19.5. The molecule has 0 atom stereocenters. The van der Waals surface area contributed by atoms with Gasteiger partial charge in [-0.1, -0.05) is 13.8 Å². The van der Waals surface area contributed by atoms with Gasteiger partial charge in [-0.3, -0.25) is 0 Å². The highest BCUT2D eigenvalue weighted by molar-refractivity contribution is 5.49.